The fourth-order valence-electron chi connectivity index (χ4n) is 0.866. The van der Waals surface area contributed by atoms with Gasteiger partial charge in [0.1, 0.15) is 5.75 Å². The van der Waals surface area contributed by atoms with Crippen molar-refractivity contribution in [2.75, 3.05) is 0 Å². The largest absolute Gasteiger partial charge is 0.573 e. The van der Waals surface area contributed by atoms with E-state index in [1.807, 2.05) is 0 Å². The average Bonchev–Trinajstić information content (AvgIpc) is 2.04. The van der Waals surface area contributed by atoms with E-state index in [1.165, 1.54) is 0 Å². The zero-order chi connectivity index (χ0) is 12.6. The van der Waals surface area contributed by atoms with Gasteiger partial charge in [-0.15, -0.1) is 13.2 Å². The fraction of sp³-hybridized carbons (Fsp3) is 0.143. The number of ether oxygens (including phenoxy) is 1. The summed E-state index contributed by atoms with van der Waals surface area (Å²) in [4.78, 5) is -0.311. The van der Waals surface area contributed by atoms with Gasteiger partial charge in [0.15, 0.2) is 0 Å². The minimum Gasteiger partial charge on any atom is -0.405 e. The molecule has 4 nitrogen and oxygen atoms in total. The molecule has 0 amide bonds. The lowest BCUT2D eigenvalue weighted by molar-refractivity contribution is -0.274. The van der Waals surface area contributed by atoms with E-state index in [2.05, 4.69) is 20.7 Å². The Morgan fingerprint density at radius 3 is 2.25 bits per heavy atom. The summed E-state index contributed by atoms with van der Waals surface area (Å²) in [6.07, 6.45) is -4.84. The van der Waals surface area contributed by atoms with E-state index in [9.17, 15) is 21.6 Å². The van der Waals surface area contributed by atoms with Gasteiger partial charge < -0.3 is 4.74 Å². The molecular weight excluding hydrogens is 315 g/mol. The third-order valence-electron chi connectivity index (χ3n) is 1.46. The molecule has 1 rings (SSSR count). The van der Waals surface area contributed by atoms with Crippen LogP contribution in [-0.4, -0.2) is 14.8 Å². The van der Waals surface area contributed by atoms with Crippen LogP contribution in [0, 0.1) is 0 Å². The maximum atomic E-state index is 11.9. The summed E-state index contributed by atoms with van der Waals surface area (Å²) in [7, 11) is -3.95. The number of hydrogen-bond acceptors (Lipinski definition) is 3. The van der Waals surface area contributed by atoms with Gasteiger partial charge >= 0.3 is 6.36 Å². The highest BCUT2D eigenvalue weighted by atomic mass is 79.9. The van der Waals surface area contributed by atoms with Crippen LogP contribution in [0.2, 0.25) is 0 Å². The Bertz CT molecular complexity index is 500. The van der Waals surface area contributed by atoms with Crippen LogP contribution in [0.4, 0.5) is 13.2 Å². The number of sulfonamides is 1. The summed E-state index contributed by atoms with van der Waals surface area (Å²) in [6, 6.07) is 2.70. The standard InChI is InChI=1S/C7H5BrF3NO3S/c8-5-3-4(16(12,13)14)1-2-6(5)15-7(9,10)11/h1-3H,(H2,12,13,14). The van der Waals surface area contributed by atoms with Crippen molar-refractivity contribution in [3.63, 3.8) is 0 Å². The second-order valence-corrected chi connectivity index (χ2v) is 5.10. The Hall–Kier alpha value is -0.800. The Morgan fingerprint density at radius 1 is 1.31 bits per heavy atom. The highest BCUT2D eigenvalue weighted by Crippen LogP contribution is 2.31. The van der Waals surface area contributed by atoms with E-state index >= 15 is 0 Å². The van der Waals surface area contributed by atoms with E-state index in [4.69, 9.17) is 5.14 Å². The number of halogens is 4. The lowest BCUT2D eigenvalue weighted by Crippen LogP contribution is -2.18. The molecule has 16 heavy (non-hydrogen) atoms. The molecule has 0 aliphatic rings. The first-order chi connectivity index (χ1) is 7.09. The predicted molar refractivity (Wildman–Crippen MR) is 52.2 cm³/mol. The molecule has 0 heterocycles. The quantitative estimate of drug-likeness (QED) is 0.906. The normalized spacial score (nSPS) is 12.6. The Kier molecular flexibility index (Phi) is 3.50. The second kappa shape index (κ2) is 4.22. The molecule has 9 heteroatoms. The SMILES string of the molecule is NS(=O)(=O)c1ccc(OC(F)(F)F)c(Br)c1. The molecule has 0 saturated carbocycles. The van der Waals surface area contributed by atoms with Crippen LogP contribution in [-0.2, 0) is 10.0 Å². The molecule has 0 unspecified atom stereocenters. The highest BCUT2D eigenvalue weighted by molar-refractivity contribution is 9.10. The van der Waals surface area contributed by atoms with Gasteiger partial charge in [-0.05, 0) is 34.1 Å². The molecule has 1 aromatic carbocycles. The minimum absolute atomic E-state index is 0.156. The molecule has 1 aromatic rings. The van der Waals surface area contributed by atoms with Crippen LogP contribution >= 0.6 is 15.9 Å². The van der Waals surface area contributed by atoms with E-state index in [1.54, 1.807) is 0 Å². The second-order valence-electron chi connectivity index (χ2n) is 2.69. The summed E-state index contributed by atoms with van der Waals surface area (Å²) in [5.41, 5.74) is 0. The topological polar surface area (TPSA) is 69.4 Å². The summed E-state index contributed by atoms with van der Waals surface area (Å²) in [5, 5.41) is 4.79. The highest BCUT2D eigenvalue weighted by Gasteiger charge is 2.32. The molecule has 0 atom stereocenters. The monoisotopic (exact) mass is 319 g/mol. The first kappa shape index (κ1) is 13.3. The summed E-state index contributed by atoms with van der Waals surface area (Å²) in [5.74, 6) is -0.542. The molecule has 90 valence electrons. The molecular formula is C7H5BrF3NO3S. The molecule has 2 N–H and O–H groups in total. The van der Waals surface area contributed by atoms with Crippen molar-refractivity contribution >= 4 is 26.0 Å². The summed E-state index contributed by atoms with van der Waals surface area (Å²) >= 11 is 2.75. The molecule has 0 aliphatic heterocycles. The van der Waals surface area contributed by atoms with Crippen molar-refractivity contribution < 1.29 is 26.3 Å². The zero-order valence-corrected chi connectivity index (χ0v) is 9.86. The Balaban J connectivity index is 3.11. The van der Waals surface area contributed by atoms with Gasteiger partial charge in [0.25, 0.3) is 0 Å². The lowest BCUT2D eigenvalue weighted by Gasteiger charge is -2.10. The van der Waals surface area contributed by atoms with Crippen LogP contribution in [0.3, 0.4) is 0 Å². The molecule has 0 radical (unpaired) electrons. The Labute approximate surface area is 97.4 Å². The zero-order valence-electron chi connectivity index (χ0n) is 7.45. The van der Waals surface area contributed by atoms with Gasteiger partial charge in [0.2, 0.25) is 10.0 Å². The lowest BCUT2D eigenvalue weighted by atomic mass is 10.3. The Morgan fingerprint density at radius 2 is 1.88 bits per heavy atom. The van der Waals surface area contributed by atoms with Crippen molar-refractivity contribution in [2.24, 2.45) is 5.14 Å². The van der Waals surface area contributed by atoms with Crippen molar-refractivity contribution in [3.8, 4) is 5.75 Å². The third-order valence-corrected chi connectivity index (χ3v) is 2.99. The van der Waals surface area contributed by atoms with E-state index in [-0.39, 0.29) is 9.37 Å². The van der Waals surface area contributed by atoms with Gasteiger partial charge in [-0.1, -0.05) is 0 Å². The number of primary sulfonamides is 1. The van der Waals surface area contributed by atoms with Crippen molar-refractivity contribution in [3.05, 3.63) is 22.7 Å². The maximum Gasteiger partial charge on any atom is 0.573 e. The van der Waals surface area contributed by atoms with Gasteiger partial charge in [-0.2, -0.15) is 0 Å². The number of hydrogen-bond donors (Lipinski definition) is 1. The van der Waals surface area contributed by atoms with Gasteiger partial charge in [-0.3, -0.25) is 0 Å². The summed E-state index contributed by atoms with van der Waals surface area (Å²) in [6.45, 7) is 0. The van der Waals surface area contributed by atoms with Crippen molar-refractivity contribution in [1.29, 1.82) is 0 Å². The van der Waals surface area contributed by atoms with Gasteiger partial charge in [0.05, 0.1) is 9.37 Å². The first-order valence-electron chi connectivity index (χ1n) is 3.68. The van der Waals surface area contributed by atoms with Crippen LogP contribution in [0.5, 0.6) is 5.75 Å². The first-order valence-corrected chi connectivity index (χ1v) is 6.01. The van der Waals surface area contributed by atoms with Gasteiger partial charge in [0, 0.05) is 0 Å². The molecule has 0 bridgehead atoms. The molecule has 0 aliphatic carbocycles. The average molecular weight is 320 g/mol. The van der Waals surface area contributed by atoms with Crippen molar-refractivity contribution in [2.45, 2.75) is 11.3 Å². The molecule has 0 saturated heterocycles. The molecule has 0 spiro atoms. The van der Waals surface area contributed by atoms with Crippen LogP contribution in [0.1, 0.15) is 0 Å². The van der Waals surface area contributed by atoms with Crippen molar-refractivity contribution in [1.82, 2.24) is 0 Å². The van der Waals surface area contributed by atoms with Gasteiger partial charge in [-0.25, -0.2) is 13.6 Å². The van der Waals surface area contributed by atoms with E-state index < -0.39 is 22.1 Å². The fourth-order valence-corrected chi connectivity index (χ4v) is 2.02. The minimum atomic E-state index is -4.84. The van der Waals surface area contributed by atoms with Crippen LogP contribution in [0.15, 0.2) is 27.6 Å². The maximum absolute atomic E-state index is 11.9. The van der Waals surface area contributed by atoms with E-state index in [0.717, 1.165) is 18.2 Å². The number of nitrogens with two attached hydrogens (primary N) is 1. The third kappa shape index (κ3) is 3.65. The van der Waals surface area contributed by atoms with Crippen LogP contribution in [0.25, 0.3) is 0 Å². The summed E-state index contributed by atoms with van der Waals surface area (Å²) < 4.78 is 60.8. The number of benzene rings is 1. The number of alkyl halides is 3. The molecule has 0 aromatic heterocycles. The molecule has 0 fully saturated rings. The predicted octanol–water partition coefficient (Wildman–Crippen LogP) is 2.00. The van der Waals surface area contributed by atoms with Crippen LogP contribution < -0.4 is 9.88 Å². The number of rotatable bonds is 2. The van der Waals surface area contributed by atoms with E-state index in [0.29, 0.717) is 0 Å². The smallest absolute Gasteiger partial charge is 0.405 e.